The summed E-state index contributed by atoms with van der Waals surface area (Å²) < 4.78 is 52.0. The second kappa shape index (κ2) is 12.0. The van der Waals surface area contributed by atoms with Gasteiger partial charge in [0.05, 0.1) is 30.6 Å². The highest BCUT2D eigenvalue weighted by molar-refractivity contribution is 5.98. The van der Waals surface area contributed by atoms with E-state index < -0.39 is 42.1 Å². The molecule has 14 nitrogen and oxygen atoms in total. The zero-order chi connectivity index (χ0) is 33.5. The minimum atomic E-state index is -4.78. The molecule has 2 amide bonds. The third kappa shape index (κ3) is 6.17. The van der Waals surface area contributed by atoms with Crippen LogP contribution in [0, 0.1) is 6.92 Å². The number of para-hydroxylation sites is 1. The molecular weight excluding hydrogens is 625 g/mol. The number of anilines is 2. The smallest absolute Gasteiger partial charge is 0.451 e. The Balaban J connectivity index is 1.31. The number of nitrogens with one attached hydrogen (secondary N) is 1. The number of aryl methyl sites for hydroxylation is 1. The highest BCUT2D eigenvalue weighted by atomic mass is 19.4. The maximum absolute atomic E-state index is 14.0. The molecule has 47 heavy (non-hydrogen) atoms. The molecule has 4 heterocycles. The quantitative estimate of drug-likeness (QED) is 0.192. The van der Waals surface area contributed by atoms with Crippen molar-refractivity contribution in [2.75, 3.05) is 30.3 Å². The van der Waals surface area contributed by atoms with Crippen molar-refractivity contribution >= 4 is 34.4 Å². The van der Waals surface area contributed by atoms with E-state index in [9.17, 15) is 33.0 Å². The predicted molar refractivity (Wildman–Crippen MR) is 159 cm³/mol. The number of hydrogen-bond donors (Lipinski definition) is 4. The van der Waals surface area contributed by atoms with Crippen molar-refractivity contribution in [1.82, 2.24) is 30.2 Å². The molecule has 0 saturated carbocycles. The number of nitrogens with two attached hydrogens (primary N) is 1. The van der Waals surface area contributed by atoms with Gasteiger partial charge in [-0.05, 0) is 36.8 Å². The number of ether oxygens (including phenoxy) is 1. The Kier molecular flexibility index (Phi) is 8.02. The van der Waals surface area contributed by atoms with E-state index in [1.165, 1.54) is 29.2 Å². The number of aromatic hydroxyl groups is 1. The summed E-state index contributed by atoms with van der Waals surface area (Å²) in [6.07, 6.45) is -5.59. The fourth-order valence-electron chi connectivity index (χ4n) is 5.33. The Bertz CT molecular complexity index is 1980. The molecule has 0 radical (unpaired) electrons. The second-order valence-electron chi connectivity index (χ2n) is 10.9. The lowest BCUT2D eigenvalue weighted by Crippen LogP contribution is -2.63. The average molecular weight is 653 g/mol. The summed E-state index contributed by atoms with van der Waals surface area (Å²) in [5.74, 6) is -2.98. The van der Waals surface area contributed by atoms with E-state index >= 15 is 0 Å². The van der Waals surface area contributed by atoms with E-state index in [0.29, 0.717) is 22.2 Å². The predicted octanol–water partition coefficient (Wildman–Crippen LogP) is 2.55. The standard InChI is InChI=1S/C30H27F3N8O6/c1-16-12-23(38-41(16)22-8-9-35-28(37-22)30(31,32)33)40-10-11-46-24(27(40)44)29(45,15-36-26(43)18-4-2-3-5-20(18)42)14-17-6-7-19-21(13-17)47-39-25(19)34/h2-9,12-13,24,42,45H,10-11,14-15H2,1H3,(H2,34,39)(H,36,43)/t24-,29?/m0/s1. The number of carbonyl (C=O) groups is 2. The molecule has 244 valence electrons. The van der Waals surface area contributed by atoms with Crippen LogP contribution in [-0.4, -0.2) is 78.3 Å². The number of aliphatic hydroxyl groups is 1. The van der Waals surface area contributed by atoms with Crippen molar-refractivity contribution in [3.8, 4) is 11.6 Å². The maximum atomic E-state index is 14.0. The van der Waals surface area contributed by atoms with Gasteiger partial charge in [-0.25, -0.2) is 14.6 Å². The van der Waals surface area contributed by atoms with Crippen LogP contribution < -0.4 is 16.0 Å². The number of phenolic OH excluding ortho intramolecular Hbond substituents is 1. The van der Waals surface area contributed by atoms with E-state index in [-0.39, 0.29) is 48.3 Å². The Morgan fingerprint density at radius 3 is 2.70 bits per heavy atom. The number of phenols is 1. The van der Waals surface area contributed by atoms with Gasteiger partial charge in [-0.3, -0.25) is 14.5 Å². The largest absolute Gasteiger partial charge is 0.507 e. The lowest BCUT2D eigenvalue weighted by atomic mass is 9.86. The number of fused-ring (bicyclic) bond motifs is 1. The molecule has 0 bridgehead atoms. The topological polar surface area (TPSA) is 195 Å². The van der Waals surface area contributed by atoms with Gasteiger partial charge < -0.3 is 30.5 Å². The second-order valence-corrected chi connectivity index (χ2v) is 10.9. The van der Waals surface area contributed by atoms with Crippen molar-refractivity contribution in [3.63, 3.8) is 0 Å². The van der Waals surface area contributed by atoms with Crippen molar-refractivity contribution < 1.29 is 42.2 Å². The SMILES string of the molecule is Cc1cc(N2CCO[C@H](C(O)(CNC(=O)c3ccccc3O)Cc3ccc4c(N)noc4c3)C2=O)nn1-c1ccnc(C(F)(F)F)n1. The Morgan fingerprint density at radius 1 is 1.15 bits per heavy atom. The number of hydrogen-bond acceptors (Lipinski definition) is 11. The molecule has 17 heteroatoms. The van der Waals surface area contributed by atoms with Gasteiger partial charge in [-0.1, -0.05) is 23.4 Å². The first-order chi connectivity index (χ1) is 22.3. The number of nitrogens with zero attached hydrogens (tertiary/aromatic N) is 6. The summed E-state index contributed by atoms with van der Waals surface area (Å²) in [5, 5.41) is 33.5. The number of benzene rings is 2. The van der Waals surface area contributed by atoms with Crippen LogP contribution in [0.4, 0.5) is 24.8 Å². The van der Waals surface area contributed by atoms with Crippen LogP contribution in [0.1, 0.15) is 27.4 Å². The van der Waals surface area contributed by atoms with Crippen molar-refractivity contribution in [2.45, 2.75) is 31.2 Å². The molecule has 5 N–H and O–H groups in total. The molecule has 1 aliphatic heterocycles. The molecule has 2 aromatic carbocycles. The summed E-state index contributed by atoms with van der Waals surface area (Å²) in [6, 6.07) is 13.4. The first-order valence-corrected chi connectivity index (χ1v) is 14.2. The number of alkyl halides is 3. The third-order valence-corrected chi connectivity index (χ3v) is 7.62. The molecular formula is C30H27F3N8O6. The van der Waals surface area contributed by atoms with E-state index in [1.54, 1.807) is 37.3 Å². The minimum absolute atomic E-state index is 0.00693. The van der Waals surface area contributed by atoms with Crippen LogP contribution >= 0.6 is 0 Å². The highest BCUT2D eigenvalue weighted by Gasteiger charge is 2.47. The van der Waals surface area contributed by atoms with Gasteiger partial charge in [0.1, 0.15) is 11.4 Å². The van der Waals surface area contributed by atoms with Gasteiger partial charge >= 0.3 is 6.18 Å². The maximum Gasteiger partial charge on any atom is 0.451 e. The highest BCUT2D eigenvalue weighted by Crippen LogP contribution is 2.31. The summed E-state index contributed by atoms with van der Waals surface area (Å²) in [5.41, 5.74) is 4.90. The fraction of sp³-hybridized carbons (Fsp3) is 0.267. The molecule has 1 aliphatic rings. The van der Waals surface area contributed by atoms with Crippen LogP contribution in [0.2, 0.25) is 0 Å². The lowest BCUT2D eigenvalue weighted by Gasteiger charge is -2.40. The van der Waals surface area contributed by atoms with Crippen LogP contribution in [0.15, 0.2) is 65.3 Å². The number of rotatable bonds is 8. The number of aromatic nitrogens is 5. The number of morpholine rings is 1. The zero-order valence-electron chi connectivity index (χ0n) is 24.6. The number of nitrogen functional groups attached to an aromatic ring is 1. The summed E-state index contributed by atoms with van der Waals surface area (Å²) in [7, 11) is 0. The van der Waals surface area contributed by atoms with E-state index in [4.69, 9.17) is 15.0 Å². The van der Waals surface area contributed by atoms with Gasteiger partial charge in [0, 0.05) is 30.4 Å². The normalized spacial score (nSPS) is 16.7. The van der Waals surface area contributed by atoms with Crippen LogP contribution in [0.25, 0.3) is 16.8 Å². The van der Waals surface area contributed by atoms with Gasteiger partial charge in [0.15, 0.2) is 29.1 Å². The van der Waals surface area contributed by atoms with E-state index in [2.05, 4.69) is 25.5 Å². The van der Waals surface area contributed by atoms with E-state index in [1.807, 2.05) is 0 Å². The lowest BCUT2D eigenvalue weighted by molar-refractivity contribution is -0.157. The van der Waals surface area contributed by atoms with Gasteiger partial charge in [0.2, 0.25) is 5.82 Å². The molecule has 3 aromatic heterocycles. The summed E-state index contributed by atoms with van der Waals surface area (Å²) in [4.78, 5) is 35.1. The molecule has 2 atom stereocenters. The van der Waals surface area contributed by atoms with Crippen LogP contribution in [0.5, 0.6) is 5.75 Å². The molecule has 1 saturated heterocycles. The zero-order valence-corrected chi connectivity index (χ0v) is 24.6. The number of amides is 2. The third-order valence-electron chi connectivity index (χ3n) is 7.62. The summed E-state index contributed by atoms with van der Waals surface area (Å²) >= 11 is 0. The Morgan fingerprint density at radius 2 is 1.94 bits per heavy atom. The van der Waals surface area contributed by atoms with Crippen LogP contribution in [-0.2, 0) is 22.1 Å². The number of halogens is 3. The fourth-order valence-corrected chi connectivity index (χ4v) is 5.33. The van der Waals surface area contributed by atoms with Crippen LogP contribution in [0.3, 0.4) is 0 Å². The summed E-state index contributed by atoms with van der Waals surface area (Å²) in [6.45, 7) is 1.04. The van der Waals surface area contributed by atoms with Gasteiger partial charge in [0.25, 0.3) is 11.8 Å². The van der Waals surface area contributed by atoms with Crippen molar-refractivity contribution in [3.05, 3.63) is 83.4 Å². The monoisotopic (exact) mass is 652 g/mol. The van der Waals surface area contributed by atoms with E-state index in [0.717, 1.165) is 10.9 Å². The molecule has 0 aliphatic carbocycles. The first-order valence-electron chi connectivity index (χ1n) is 14.2. The molecule has 6 rings (SSSR count). The minimum Gasteiger partial charge on any atom is -0.507 e. The van der Waals surface area contributed by atoms with Crippen molar-refractivity contribution in [1.29, 1.82) is 0 Å². The van der Waals surface area contributed by atoms with Crippen molar-refractivity contribution in [2.24, 2.45) is 0 Å². The molecule has 1 unspecified atom stereocenters. The first kappa shape index (κ1) is 31.4. The number of carbonyl (C=O) groups excluding carboxylic acids is 2. The Labute approximate surface area is 263 Å². The van der Waals surface area contributed by atoms with Gasteiger partial charge in [-0.15, -0.1) is 5.10 Å². The molecule has 0 spiro atoms. The molecule has 1 fully saturated rings. The molecule has 5 aromatic rings. The average Bonchev–Trinajstić information content (AvgIpc) is 3.61. The van der Waals surface area contributed by atoms with Gasteiger partial charge in [-0.2, -0.15) is 13.2 Å². The Hall–Kier alpha value is -5.55.